The second-order valence-corrected chi connectivity index (χ2v) is 18.9. The number of nitrogens with zero attached hydrogens (tertiary/aromatic N) is 3. The molecule has 6 aromatic carbocycles. The van der Waals surface area contributed by atoms with Gasteiger partial charge in [0, 0.05) is 115 Å². The Morgan fingerprint density at radius 3 is 1.56 bits per heavy atom. The van der Waals surface area contributed by atoms with Gasteiger partial charge in [-0.05, 0) is 112 Å². The van der Waals surface area contributed by atoms with E-state index < -0.39 is 35.4 Å². The quantitative estimate of drug-likeness (QED) is 0.0540. The van der Waals surface area contributed by atoms with Crippen LogP contribution in [0.2, 0.25) is 0 Å². The molecule has 87 heavy (non-hydrogen) atoms. The van der Waals surface area contributed by atoms with Gasteiger partial charge in [0.25, 0.3) is 5.91 Å². The third-order valence-electron chi connectivity index (χ3n) is 13.3. The van der Waals surface area contributed by atoms with E-state index in [9.17, 15) is 19.2 Å². The summed E-state index contributed by atoms with van der Waals surface area (Å²) in [7, 11) is 0. The number of anilines is 1. The Balaban J connectivity index is 0.918. The number of nitrogens with one attached hydrogen (secondary N) is 1. The molecule has 1 saturated heterocycles. The molecule has 0 radical (unpaired) electrons. The number of Topliss-reactive ketones (excluding diaryl/α,β-unsaturated/α-hetero) is 1. The number of carbonyl (C=O) groups is 3. The van der Waals surface area contributed by atoms with E-state index in [1.807, 2.05) is 97.9 Å². The molecule has 0 spiro atoms. The SMILES string of the molecule is C#CC#CC#CC#CC#CC#CC#CC#CC#CC#CC#COc1ccc(C(CC(=O)CCC(=O)OC[C@@H]2CN(C(c3ccccc3)(c3ccccc3)c3ccccc3)C[C@H](n3ccc(NC(=O)c4ccccc4)nc3=O)O2)c2ccc(C)cc2)cc1. The van der Waals surface area contributed by atoms with Crippen LogP contribution in [0.15, 0.2) is 187 Å². The van der Waals surface area contributed by atoms with Crippen molar-refractivity contribution in [3.63, 3.8) is 0 Å². The zero-order chi connectivity index (χ0) is 60.7. The second-order valence-electron chi connectivity index (χ2n) is 18.9. The predicted octanol–water partition coefficient (Wildman–Crippen LogP) is 9.11. The van der Waals surface area contributed by atoms with Crippen LogP contribution in [0, 0.1) is 138 Å². The highest BCUT2D eigenvalue weighted by Gasteiger charge is 2.46. The monoisotopic (exact) mass is 1130 g/mol. The molecular weight excluding hydrogens is 1080 g/mol. The maximum atomic E-state index is 14.0. The van der Waals surface area contributed by atoms with E-state index in [0.717, 1.165) is 33.4 Å². The lowest BCUT2D eigenvalue weighted by Crippen LogP contribution is -2.58. The Morgan fingerprint density at radius 2 is 1.07 bits per heavy atom. The number of carbonyl (C=O) groups excluding carboxylic acids is 3. The van der Waals surface area contributed by atoms with E-state index in [4.69, 9.17) is 20.6 Å². The summed E-state index contributed by atoms with van der Waals surface area (Å²) >= 11 is 0. The molecule has 0 saturated carbocycles. The Kier molecular flexibility index (Phi) is 22.6. The first kappa shape index (κ1) is 60.8. The van der Waals surface area contributed by atoms with Crippen molar-refractivity contribution in [3.05, 3.63) is 232 Å². The lowest BCUT2D eigenvalue weighted by Gasteiger charge is -2.50. The Morgan fingerprint density at radius 1 is 0.598 bits per heavy atom. The zero-order valence-corrected chi connectivity index (χ0v) is 47.1. The summed E-state index contributed by atoms with van der Waals surface area (Å²) in [5, 5.41) is 2.72. The van der Waals surface area contributed by atoms with Crippen LogP contribution >= 0.6 is 0 Å². The van der Waals surface area contributed by atoms with E-state index in [2.05, 4.69) is 176 Å². The van der Waals surface area contributed by atoms with Gasteiger partial charge in [0.05, 0.1) is 12.0 Å². The molecule has 0 bridgehead atoms. The first-order valence-electron chi connectivity index (χ1n) is 27.2. The van der Waals surface area contributed by atoms with Gasteiger partial charge in [-0.25, -0.2) is 4.79 Å². The number of aryl methyl sites for hydroxylation is 1. The summed E-state index contributed by atoms with van der Waals surface area (Å²) in [6, 6.07) is 55.7. The first-order valence-corrected chi connectivity index (χ1v) is 27.2. The van der Waals surface area contributed by atoms with Gasteiger partial charge >= 0.3 is 11.7 Å². The molecular formula is C76H50N4O7. The maximum absolute atomic E-state index is 14.0. The number of hydrogen-bond acceptors (Lipinski definition) is 9. The predicted molar refractivity (Wildman–Crippen MR) is 334 cm³/mol. The number of esters is 1. The fourth-order valence-electron chi connectivity index (χ4n) is 9.40. The fourth-order valence-corrected chi connectivity index (χ4v) is 9.40. The van der Waals surface area contributed by atoms with Crippen LogP contribution in [0.25, 0.3) is 0 Å². The highest BCUT2D eigenvalue weighted by Crippen LogP contribution is 2.44. The standard InChI is InChI=1S/C76H50N4O7/c1-3-4-5-6-7-8-9-10-11-12-13-14-15-16-17-18-19-20-21-34-55-85-68-50-47-62(48-51-68)70(61-45-43-60(2)44-46-61)56-67(81)49-52-73(82)86-59-69-57-79(58-72(87-69)80-54-53-71(78-75(80)84)77-74(83)63-35-26-22-27-36-63)76(64-37-28-23-29-38-64,65-39-30-24-31-40-65)66-41-32-25-33-42-66/h1,22-33,35-48,50-51,53-54,69-70,72H,49,52,56-59H2,2H3,(H,77,78,83,84)/t69-,70?,72+/m0/s1. The van der Waals surface area contributed by atoms with Crippen molar-refractivity contribution in [2.45, 2.75) is 50.0 Å². The number of rotatable bonds is 17. The fraction of sp³-hybridized carbons (Fsp3) is 0.145. The molecule has 8 rings (SSSR count). The number of amides is 1. The average molecular weight is 1130 g/mol. The summed E-state index contributed by atoms with van der Waals surface area (Å²) in [6.45, 7) is 2.27. The molecule has 1 amide bonds. The lowest BCUT2D eigenvalue weighted by molar-refractivity contribution is -0.170. The minimum absolute atomic E-state index is 0.0650. The molecule has 1 fully saturated rings. The molecule has 11 nitrogen and oxygen atoms in total. The zero-order valence-electron chi connectivity index (χ0n) is 47.1. The normalized spacial score (nSPS) is 12.8. The van der Waals surface area contributed by atoms with Gasteiger partial charge in [-0.1, -0.05) is 151 Å². The minimum Gasteiger partial charge on any atom is -0.463 e. The van der Waals surface area contributed by atoms with Gasteiger partial charge in [-0.2, -0.15) is 4.98 Å². The summed E-state index contributed by atoms with van der Waals surface area (Å²) < 4.78 is 19.7. The van der Waals surface area contributed by atoms with Crippen LogP contribution in [0.1, 0.15) is 75.1 Å². The van der Waals surface area contributed by atoms with E-state index >= 15 is 0 Å². The van der Waals surface area contributed by atoms with Crippen molar-refractivity contribution in [1.29, 1.82) is 0 Å². The Labute approximate surface area is 507 Å². The van der Waals surface area contributed by atoms with Crippen molar-refractivity contribution >= 4 is 23.5 Å². The van der Waals surface area contributed by atoms with Crippen LogP contribution < -0.4 is 15.7 Å². The van der Waals surface area contributed by atoms with Gasteiger partial charge in [0.15, 0.2) is 6.23 Å². The van der Waals surface area contributed by atoms with Gasteiger partial charge in [0.1, 0.15) is 36.2 Å². The molecule has 0 aliphatic carbocycles. The number of ether oxygens (including phenoxy) is 3. The number of ketones is 1. The van der Waals surface area contributed by atoms with Crippen molar-refractivity contribution in [2.24, 2.45) is 0 Å². The summed E-state index contributed by atoms with van der Waals surface area (Å²) in [5.41, 5.74) is 4.57. The number of hydrogen-bond donors (Lipinski definition) is 1. The van der Waals surface area contributed by atoms with Crippen molar-refractivity contribution in [1.82, 2.24) is 14.5 Å². The van der Waals surface area contributed by atoms with Crippen molar-refractivity contribution in [2.75, 3.05) is 25.0 Å². The third-order valence-corrected chi connectivity index (χ3v) is 13.3. The minimum atomic E-state index is -0.933. The molecule has 3 atom stereocenters. The molecule has 7 aromatic rings. The van der Waals surface area contributed by atoms with Gasteiger partial charge in [-0.15, -0.1) is 6.42 Å². The van der Waals surface area contributed by atoms with E-state index in [0.29, 0.717) is 11.3 Å². The largest absolute Gasteiger partial charge is 0.463 e. The average Bonchev–Trinajstić information content (AvgIpc) is 0.835. The molecule has 1 aliphatic heterocycles. The van der Waals surface area contributed by atoms with Gasteiger partial charge in [0.2, 0.25) is 0 Å². The molecule has 1 aromatic heterocycles. The second kappa shape index (κ2) is 32.4. The summed E-state index contributed by atoms with van der Waals surface area (Å²) in [4.78, 5) is 61.2. The smallest absolute Gasteiger partial charge is 0.351 e. The molecule has 11 heteroatoms. The first-order chi connectivity index (χ1) is 42.7. The molecule has 1 N–H and O–H groups in total. The molecule has 1 aliphatic rings. The highest BCUT2D eigenvalue weighted by molar-refractivity contribution is 6.03. The highest BCUT2D eigenvalue weighted by atomic mass is 16.6. The van der Waals surface area contributed by atoms with Crippen molar-refractivity contribution < 1.29 is 28.6 Å². The number of morpholine rings is 1. The lowest BCUT2D eigenvalue weighted by atomic mass is 9.75. The third kappa shape index (κ3) is 17.8. The Bertz CT molecular complexity index is 4320. The van der Waals surface area contributed by atoms with E-state index in [-0.39, 0.29) is 56.5 Å². The summed E-state index contributed by atoms with van der Waals surface area (Å²) in [5.74, 6) is 49.0. The van der Waals surface area contributed by atoms with Crippen LogP contribution in [-0.2, 0) is 24.6 Å². The van der Waals surface area contributed by atoms with Gasteiger partial charge in [-0.3, -0.25) is 23.9 Å². The number of terminal acetylenes is 1. The van der Waals surface area contributed by atoms with E-state index in [1.165, 1.54) is 4.57 Å². The van der Waals surface area contributed by atoms with E-state index in [1.54, 1.807) is 54.7 Å². The van der Waals surface area contributed by atoms with Crippen LogP contribution in [0.3, 0.4) is 0 Å². The molecule has 416 valence electrons. The molecule has 1 unspecified atom stereocenters. The Hall–Kier alpha value is -12.3. The maximum Gasteiger partial charge on any atom is 0.351 e. The molecule has 2 heterocycles. The number of aromatic nitrogens is 2. The topological polar surface area (TPSA) is 129 Å². The van der Waals surface area contributed by atoms with Crippen molar-refractivity contribution in [3.8, 4) is 137 Å². The van der Waals surface area contributed by atoms with Crippen LogP contribution in [-0.4, -0.2) is 57.9 Å². The van der Waals surface area contributed by atoms with Gasteiger partial charge < -0.3 is 19.5 Å². The summed E-state index contributed by atoms with van der Waals surface area (Å²) in [6.07, 6.45) is 7.27. The number of benzene rings is 6. The van der Waals surface area contributed by atoms with Crippen LogP contribution in [0.5, 0.6) is 5.75 Å². The van der Waals surface area contributed by atoms with Crippen LogP contribution in [0.4, 0.5) is 5.82 Å².